The normalized spacial score (nSPS) is 18.3. The fraction of sp³-hybridized carbons (Fsp3) is 0.435. The van der Waals surface area contributed by atoms with Crippen LogP contribution in [0.15, 0.2) is 53.4 Å². The van der Waals surface area contributed by atoms with Crippen LogP contribution in [0.5, 0.6) is 5.75 Å². The first-order chi connectivity index (χ1) is 16.1. The van der Waals surface area contributed by atoms with Gasteiger partial charge in [0.15, 0.2) is 0 Å². The van der Waals surface area contributed by atoms with Crippen molar-refractivity contribution < 1.29 is 31.1 Å². The molecular weight excluding hydrogens is 471 g/mol. The summed E-state index contributed by atoms with van der Waals surface area (Å²) in [7, 11) is -3.52. The number of carbonyl (C=O) groups excluding carboxylic acids is 1. The number of benzene rings is 2. The van der Waals surface area contributed by atoms with Crippen molar-refractivity contribution in [3.05, 3.63) is 59.7 Å². The maximum Gasteiger partial charge on any atom is 0.573 e. The van der Waals surface area contributed by atoms with Gasteiger partial charge in [-0.25, -0.2) is 8.42 Å². The number of halogens is 3. The molecule has 11 heteroatoms. The average Bonchev–Trinajstić information content (AvgIpc) is 3.36. The molecule has 4 rings (SSSR count). The van der Waals surface area contributed by atoms with Gasteiger partial charge in [-0.2, -0.15) is 4.31 Å². The Morgan fingerprint density at radius 2 is 1.44 bits per heavy atom. The lowest BCUT2D eigenvalue weighted by Crippen LogP contribution is -2.48. The average molecular weight is 498 g/mol. The molecule has 0 radical (unpaired) electrons. The monoisotopic (exact) mass is 497 g/mol. The van der Waals surface area contributed by atoms with Crippen molar-refractivity contribution in [1.82, 2.24) is 14.1 Å². The maximum absolute atomic E-state index is 12.9. The number of rotatable bonds is 6. The van der Waals surface area contributed by atoms with Gasteiger partial charge < -0.3 is 9.64 Å². The molecule has 0 saturated carbocycles. The minimum Gasteiger partial charge on any atom is -0.406 e. The van der Waals surface area contributed by atoms with Crippen LogP contribution in [0.25, 0.3) is 0 Å². The van der Waals surface area contributed by atoms with E-state index in [0.29, 0.717) is 51.4 Å². The summed E-state index contributed by atoms with van der Waals surface area (Å²) in [6.45, 7) is 3.85. The van der Waals surface area contributed by atoms with Gasteiger partial charge in [0.1, 0.15) is 5.75 Å². The van der Waals surface area contributed by atoms with Gasteiger partial charge in [0.05, 0.1) is 4.90 Å². The lowest BCUT2D eigenvalue weighted by molar-refractivity contribution is -0.274. The zero-order valence-electron chi connectivity index (χ0n) is 18.5. The van der Waals surface area contributed by atoms with E-state index in [9.17, 15) is 26.4 Å². The van der Waals surface area contributed by atoms with Gasteiger partial charge in [0.2, 0.25) is 10.0 Å². The molecule has 184 valence electrons. The highest BCUT2D eigenvalue weighted by atomic mass is 32.2. The SMILES string of the molecule is O=C(c1ccc(S(=O)(=O)N2CCCC2)cc1)N1CCN(Cc2ccc(OC(F)(F)F)cc2)CC1. The van der Waals surface area contributed by atoms with E-state index in [1.807, 2.05) is 0 Å². The highest BCUT2D eigenvalue weighted by Crippen LogP contribution is 2.24. The number of amides is 1. The number of hydrogen-bond acceptors (Lipinski definition) is 5. The van der Waals surface area contributed by atoms with Gasteiger partial charge in [-0.05, 0) is 54.8 Å². The Balaban J connectivity index is 1.29. The zero-order chi connectivity index (χ0) is 24.3. The summed E-state index contributed by atoms with van der Waals surface area (Å²) < 4.78 is 67.5. The van der Waals surface area contributed by atoms with Crippen molar-refractivity contribution in [2.24, 2.45) is 0 Å². The molecule has 0 spiro atoms. The first-order valence-electron chi connectivity index (χ1n) is 11.1. The molecule has 0 aromatic heterocycles. The van der Waals surface area contributed by atoms with Crippen molar-refractivity contribution in [2.45, 2.75) is 30.6 Å². The van der Waals surface area contributed by atoms with Crippen LogP contribution in [0.3, 0.4) is 0 Å². The molecule has 0 bridgehead atoms. The molecule has 2 aliphatic rings. The molecule has 0 aliphatic carbocycles. The van der Waals surface area contributed by atoms with E-state index in [1.54, 1.807) is 29.2 Å². The van der Waals surface area contributed by atoms with Crippen molar-refractivity contribution in [3.63, 3.8) is 0 Å². The number of nitrogens with zero attached hydrogens (tertiary/aromatic N) is 3. The molecule has 2 fully saturated rings. The van der Waals surface area contributed by atoms with Crippen molar-refractivity contribution >= 4 is 15.9 Å². The predicted octanol–water partition coefficient (Wildman–Crippen LogP) is 3.33. The van der Waals surface area contributed by atoms with E-state index >= 15 is 0 Å². The van der Waals surface area contributed by atoms with E-state index < -0.39 is 16.4 Å². The van der Waals surface area contributed by atoms with E-state index in [4.69, 9.17) is 0 Å². The van der Waals surface area contributed by atoms with Gasteiger partial charge in [-0.1, -0.05) is 12.1 Å². The Morgan fingerprint density at radius 1 is 0.853 bits per heavy atom. The fourth-order valence-electron chi connectivity index (χ4n) is 4.19. The van der Waals surface area contributed by atoms with Crippen LogP contribution < -0.4 is 4.74 Å². The number of carbonyl (C=O) groups is 1. The fourth-order valence-corrected chi connectivity index (χ4v) is 5.71. The van der Waals surface area contributed by atoms with Gasteiger partial charge in [0, 0.05) is 51.4 Å². The summed E-state index contributed by atoms with van der Waals surface area (Å²) in [5, 5.41) is 0. The molecule has 0 atom stereocenters. The first kappa shape index (κ1) is 24.5. The second kappa shape index (κ2) is 9.93. The third-order valence-corrected chi connectivity index (χ3v) is 7.94. The van der Waals surface area contributed by atoms with E-state index in [0.717, 1.165) is 18.4 Å². The smallest absolute Gasteiger partial charge is 0.406 e. The Hall–Kier alpha value is -2.63. The molecule has 2 aliphatic heterocycles. The number of piperazine rings is 1. The van der Waals surface area contributed by atoms with Crippen LogP contribution >= 0.6 is 0 Å². The first-order valence-corrected chi connectivity index (χ1v) is 12.5. The van der Waals surface area contributed by atoms with Crippen LogP contribution in [0, 0.1) is 0 Å². The second-order valence-electron chi connectivity index (χ2n) is 8.40. The molecule has 0 unspecified atom stereocenters. The molecule has 34 heavy (non-hydrogen) atoms. The highest BCUT2D eigenvalue weighted by molar-refractivity contribution is 7.89. The van der Waals surface area contributed by atoms with Crippen molar-refractivity contribution in [2.75, 3.05) is 39.3 Å². The van der Waals surface area contributed by atoms with E-state index in [-0.39, 0.29) is 16.6 Å². The summed E-state index contributed by atoms with van der Waals surface area (Å²) in [4.78, 5) is 16.9. The lowest BCUT2D eigenvalue weighted by Gasteiger charge is -2.34. The van der Waals surface area contributed by atoms with Crippen LogP contribution in [0.1, 0.15) is 28.8 Å². The Bertz CT molecular complexity index is 1090. The van der Waals surface area contributed by atoms with Crippen LogP contribution in [0.4, 0.5) is 13.2 Å². The van der Waals surface area contributed by atoms with Gasteiger partial charge in [-0.3, -0.25) is 9.69 Å². The molecular formula is C23H26F3N3O4S. The molecule has 1 amide bonds. The van der Waals surface area contributed by atoms with Crippen molar-refractivity contribution in [3.8, 4) is 5.75 Å². The quantitative estimate of drug-likeness (QED) is 0.613. The highest BCUT2D eigenvalue weighted by Gasteiger charge is 2.31. The summed E-state index contributed by atoms with van der Waals surface area (Å²) in [6, 6.07) is 11.9. The Kier molecular flexibility index (Phi) is 7.15. The molecule has 2 heterocycles. The maximum atomic E-state index is 12.9. The minimum absolute atomic E-state index is 0.154. The molecule has 7 nitrogen and oxygen atoms in total. The summed E-state index contributed by atoms with van der Waals surface area (Å²) in [6.07, 6.45) is -2.99. The standard InChI is InChI=1S/C23H26F3N3O4S/c24-23(25,26)33-20-7-3-18(4-8-20)17-27-13-15-28(16-14-27)22(30)19-5-9-21(10-6-19)34(31,32)29-11-1-2-12-29/h3-10H,1-2,11-17H2. The third-order valence-electron chi connectivity index (χ3n) is 6.03. The molecule has 2 aromatic rings. The lowest BCUT2D eigenvalue weighted by atomic mass is 10.1. The van der Waals surface area contributed by atoms with Crippen LogP contribution in [-0.4, -0.2) is 74.1 Å². The van der Waals surface area contributed by atoms with Gasteiger partial charge in [0.25, 0.3) is 5.91 Å². The topological polar surface area (TPSA) is 70.2 Å². The van der Waals surface area contributed by atoms with Crippen molar-refractivity contribution in [1.29, 1.82) is 0 Å². The summed E-state index contributed by atoms with van der Waals surface area (Å²) in [5.41, 5.74) is 1.29. The number of hydrogen-bond donors (Lipinski definition) is 0. The number of ether oxygens (including phenoxy) is 1. The summed E-state index contributed by atoms with van der Waals surface area (Å²) >= 11 is 0. The number of alkyl halides is 3. The zero-order valence-corrected chi connectivity index (χ0v) is 19.3. The van der Waals surface area contributed by atoms with Crippen LogP contribution in [-0.2, 0) is 16.6 Å². The van der Waals surface area contributed by atoms with Gasteiger partial charge in [-0.15, -0.1) is 13.2 Å². The third kappa shape index (κ3) is 5.89. The largest absolute Gasteiger partial charge is 0.573 e. The predicted molar refractivity (Wildman–Crippen MR) is 119 cm³/mol. The molecule has 0 N–H and O–H groups in total. The van der Waals surface area contributed by atoms with E-state index in [1.165, 1.54) is 28.6 Å². The second-order valence-corrected chi connectivity index (χ2v) is 10.3. The van der Waals surface area contributed by atoms with E-state index in [2.05, 4.69) is 9.64 Å². The molecule has 2 aromatic carbocycles. The Labute approximate surface area is 196 Å². The van der Waals surface area contributed by atoms with Gasteiger partial charge >= 0.3 is 6.36 Å². The Morgan fingerprint density at radius 3 is 2.00 bits per heavy atom. The minimum atomic E-state index is -4.72. The number of sulfonamides is 1. The van der Waals surface area contributed by atoms with Crippen LogP contribution in [0.2, 0.25) is 0 Å². The summed E-state index contributed by atoms with van der Waals surface area (Å²) in [5.74, 6) is -0.413. The molecule has 2 saturated heterocycles.